The molecule has 2 N–H and O–H groups in total. The fourth-order valence-electron chi connectivity index (χ4n) is 2.34. The normalized spacial score (nSPS) is 11.4. The number of anilines is 2. The van der Waals surface area contributed by atoms with E-state index < -0.39 is 0 Å². The van der Waals surface area contributed by atoms with Gasteiger partial charge in [-0.05, 0) is 13.8 Å². The fraction of sp³-hybridized carbons (Fsp3) is 0.154. The van der Waals surface area contributed by atoms with E-state index in [0.29, 0.717) is 11.6 Å². The van der Waals surface area contributed by atoms with Crippen LogP contribution in [0.25, 0.3) is 9.92 Å². The van der Waals surface area contributed by atoms with Gasteiger partial charge in [0.25, 0.3) is 0 Å². The summed E-state index contributed by atoms with van der Waals surface area (Å²) in [5.74, 6) is 1.36. The highest BCUT2D eigenvalue weighted by Gasteiger charge is 2.16. The number of nitrogens with zero attached hydrogens (tertiary/aromatic N) is 4. The maximum absolute atomic E-state index is 12.3. The largest absolute Gasteiger partial charge is 0.326 e. The van der Waals surface area contributed by atoms with Crippen LogP contribution in [0.15, 0.2) is 23.2 Å². The second kappa shape index (κ2) is 4.82. The highest BCUT2D eigenvalue weighted by Crippen LogP contribution is 2.23. The summed E-state index contributed by atoms with van der Waals surface area (Å²) in [6.07, 6.45) is 3.77. The van der Waals surface area contributed by atoms with Gasteiger partial charge in [0.1, 0.15) is 11.6 Å². The molecule has 0 aromatic carbocycles. The Labute approximate surface area is 133 Å². The number of imidazole rings is 2. The average Bonchev–Trinajstić information content (AvgIpc) is 3.19. The van der Waals surface area contributed by atoms with Crippen LogP contribution in [0.3, 0.4) is 0 Å². The van der Waals surface area contributed by atoms with Crippen molar-refractivity contribution in [1.82, 2.24) is 18.8 Å². The summed E-state index contributed by atoms with van der Waals surface area (Å²) >= 11 is 3.06. The molecule has 0 bridgehead atoms. The van der Waals surface area contributed by atoms with Gasteiger partial charge in [-0.2, -0.15) is 0 Å². The smallest absolute Gasteiger partial charge is 0.292 e. The Morgan fingerprint density at radius 1 is 0.955 bits per heavy atom. The highest BCUT2D eigenvalue weighted by molar-refractivity contribution is 7.15. The van der Waals surface area contributed by atoms with Gasteiger partial charge < -0.3 is 0 Å². The van der Waals surface area contributed by atoms with Gasteiger partial charge in [-0.25, -0.2) is 14.8 Å². The zero-order valence-electron chi connectivity index (χ0n) is 11.8. The van der Waals surface area contributed by atoms with Crippen molar-refractivity contribution in [3.8, 4) is 0 Å². The Kier molecular flexibility index (Phi) is 2.91. The van der Waals surface area contributed by atoms with E-state index in [1.165, 1.54) is 22.7 Å². The zero-order valence-corrected chi connectivity index (χ0v) is 13.5. The van der Waals surface area contributed by atoms with Crippen LogP contribution in [0, 0.1) is 13.8 Å². The number of rotatable bonds is 2. The van der Waals surface area contributed by atoms with E-state index in [1.807, 2.05) is 45.8 Å². The lowest BCUT2D eigenvalue weighted by Gasteiger charge is -2.07. The molecule has 0 fully saturated rings. The van der Waals surface area contributed by atoms with Crippen LogP contribution in [0.1, 0.15) is 11.4 Å². The molecule has 0 spiro atoms. The van der Waals surface area contributed by atoms with Gasteiger partial charge in [0.2, 0.25) is 0 Å². The van der Waals surface area contributed by atoms with Crippen molar-refractivity contribution in [3.05, 3.63) is 34.5 Å². The first-order valence-electron chi connectivity index (χ1n) is 6.56. The maximum Gasteiger partial charge on any atom is 0.326 e. The Balaban J connectivity index is 1.62. The maximum atomic E-state index is 12.3. The molecule has 112 valence electrons. The Morgan fingerprint density at radius 2 is 1.41 bits per heavy atom. The molecule has 7 nitrogen and oxygen atoms in total. The average molecular weight is 332 g/mol. The third-order valence-corrected chi connectivity index (χ3v) is 4.85. The fourth-order valence-corrected chi connectivity index (χ4v) is 3.85. The lowest BCUT2D eigenvalue weighted by Crippen LogP contribution is -2.22. The van der Waals surface area contributed by atoms with E-state index >= 15 is 0 Å². The molecule has 0 aliphatic carbocycles. The van der Waals surface area contributed by atoms with E-state index in [9.17, 15) is 4.79 Å². The van der Waals surface area contributed by atoms with Crippen LogP contribution in [0.4, 0.5) is 16.4 Å². The van der Waals surface area contributed by atoms with Gasteiger partial charge in [-0.3, -0.25) is 19.4 Å². The summed E-state index contributed by atoms with van der Waals surface area (Å²) in [5.41, 5.74) is 1.57. The van der Waals surface area contributed by atoms with Gasteiger partial charge >= 0.3 is 6.03 Å². The standard InChI is InChI=1S/C13H12N6OS2/c1-7-9(18-3-5-21-12(18)14-7)16-11(20)17-10-8(2)15-13-19(10)4-6-22-13/h3-6H,1-2H3,(H2,16,17,20). The molecule has 9 heteroatoms. The Hall–Kier alpha value is -2.39. The number of hydrogen-bond donors (Lipinski definition) is 2. The lowest BCUT2D eigenvalue weighted by molar-refractivity contribution is 0.262. The summed E-state index contributed by atoms with van der Waals surface area (Å²) in [5, 5.41) is 9.58. The molecular weight excluding hydrogens is 320 g/mol. The molecule has 4 aromatic heterocycles. The molecule has 4 rings (SSSR count). The first kappa shape index (κ1) is 13.3. The van der Waals surface area contributed by atoms with Crippen LogP contribution < -0.4 is 10.6 Å². The van der Waals surface area contributed by atoms with E-state index in [4.69, 9.17) is 0 Å². The van der Waals surface area contributed by atoms with Crippen LogP contribution in [-0.4, -0.2) is 24.8 Å². The summed E-state index contributed by atoms with van der Waals surface area (Å²) in [4.78, 5) is 22.8. The van der Waals surface area contributed by atoms with Gasteiger partial charge in [0, 0.05) is 23.2 Å². The summed E-state index contributed by atoms with van der Waals surface area (Å²) in [6, 6.07) is -0.313. The number of urea groups is 1. The van der Waals surface area contributed by atoms with Crippen molar-refractivity contribution in [3.63, 3.8) is 0 Å². The first-order chi connectivity index (χ1) is 10.6. The number of nitrogens with one attached hydrogen (secondary N) is 2. The lowest BCUT2D eigenvalue weighted by atomic mass is 10.4. The quantitative estimate of drug-likeness (QED) is 0.591. The highest BCUT2D eigenvalue weighted by atomic mass is 32.1. The molecule has 0 atom stereocenters. The zero-order chi connectivity index (χ0) is 15.3. The van der Waals surface area contributed by atoms with E-state index in [0.717, 1.165) is 21.3 Å². The molecule has 0 saturated heterocycles. The number of aromatic nitrogens is 4. The SMILES string of the molecule is Cc1nc2sccn2c1NC(=O)Nc1c(C)nc2sccn12. The van der Waals surface area contributed by atoms with Gasteiger partial charge in [0.15, 0.2) is 9.92 Å². The minimum Gasteiger partial charge on any atom is -0.292 e. The summed E-state index contributed by atoms with van der Waals surface area (Å²) in [7, 11) is 0. The topological polar surface area (TPSA) is 75.7 Å². The third kappa shape index (κ3) is 1.97. The van der Waals surface area contributed by atoms with Crippen molar-refractivity contribution in [2.75, 3.05) is 10.6 Å². The van der Waals surface area contributed by atoms with E-state index in [2.05, 4.69) is 20.6 Å². The van der Waals surface area contributed by atoms with Crippen LogP contribution in [0.5, 0.6) is 0 Å². The van der Waals surface area contributed by atoms with Crippen molar-refractivity contribution < 1.29 is 4.79 Å². The summed E-state index contributed by atoms with van der Waals surface area (Å²) < 4.78 is 3.73. The molecule has 0 aliphatic rings. The minimum absolute atomic E-state index is 0.313. The van der Waals surface area contributed by atoms with Crippen molar-refractivity contribution in [2.45, 2.75) is 13.8 Å². The number of carbonyl (C=O) groups excluding carboxylic acids is 1. The molecule has 0 aliphatic heterocycles. The predicted molar refractivity (Wildman–Crippen MR) is 88.3 cm³/mol. The molecule has 4 aromatic rings. The first-order valence-corrected chi connectivity index (χ1v) is 8.32. The number of thiazole rings is 2. The van der Waals surface area contributed by atoms with Crippen LogP contribution in [0.2, 0.25) is 0 Å². The molecular formula is C13H12N6OS2. The summed E-state index contributed by atoms with van der Waals surface area (Å²) in [6.45, 7) is 3.74. The van der Waals surface area contributed by atoms with Crippen molar-refractivity contribution in [1.29, 1.82) is 0 Å². The molecule has 0 saturated carbocycles. The predicted octanol–water partition coefficient (Wildman–Crippen LogP) is 3.37. The second-order valence-electron chi connectivity index (χ2n) is 4.78. The second-order valence-corrected chi connectivity index (χ2v) is 6.53. The monoisotopic (exact) mass is 332 g/mol. The van der Waals surface area contributed by atoms with Crippen molar-refractivity contribution in [2.24, 2.45) is 0 Å². The molecule has 22 heavy (non-hydrogen) atoms. The van der Waals surface area contributed by atoms with Crippen LogP contribution in [-0.2, 0) is 0 Å². The number of fused-ring (bicyclic) bond motifs is 2. The van der Waals surface area contributed by atoms with E-state index in [1.54, 1.807) is 0 Å². The van der Waals surface area contributed by atoms with Crippen LogP contribution >= 0.6 is 22.7 Å². The molecule has 2 amide bonds. The molecule has 4 heterocycles. The molecule has 0 unspecified atom stereocenters. The van der Waals surface area contributed by atoms with Gasteiger partial charge in [-0.15, -0.1) is 22.7 Å². The van der Waals surface area contributed by atoms with E-state index in [-0.39, 0.29) is 6.03 Å². The van der Waals surface area contributed by atoms with Crippen molar-refractivity contribution >= 4 is 50.3 Å². The molecule has 0 radical (unpaired) electrons. The van der Waals surface area contributed by atoms with Gasteiger partial charge in [-0.1, -0.05) is 0 Å². The minimum atomic E-state index is -0.313. The Bertz CT molecular complexity index is 912. The number of amides is 2. The number of carbonyl (C=O) groups is 1. The van der Waals surface area contributed by atoms with Gasteiger partial charge in [0.05, 0.1) is 11.4 Å². The number of aryl methyl sites for hydroxylation is 2. The number of hydrogen-bond acceptors (Lipinski definition) is 5. The Morgan fingerprint density at radius 3 is 1.86 bits per heavy atom. The third-order valence-electron chi connectivity index (χ3n) is 3.34.